The van der Waals surface area contributed by atoms with E-state index < -0.39 is 0 Å². The van der Waals surface area contributed by atoms with Crippen molar-refractivity contribution in [3.63, 3.8) is 0 Å². The number of pyridine rings is 1. The lowest BCUT2D eigenvalue weighted by Crippen LogP contribution is -2.32. The third kappa shape index (κ3) is 5.41. The smallest absolute Gasteiger partial charge is 0.233 e. The van der Waals surface area contributed by atoms with Crippen LogP contribution >= 0.6 is 0 Å². The molecular formula is C21H27N3O2. The van der Waals surface area contributed by atoms with E-state index in [2.05, 4.69) is 24.1 Å². The largest absolute Gasteiger partial charge is 0.345 e. The Bertz CT molecular complexity index is 722. The fourth-order valence-corrected chi connectivity index (χ4v) is 2.83. The first-order chi connectivity index (χ1) is 12.5. The number of benzene rings is 1. The molecule has 0 unspecified atom stereocenters. The van der Waals surface area contributed by atoms with Gasteiger partial charge in [0.1, 0.15) is 6.42 Å². The summed E-state index contributed by atoms with van der Waals surface area (Å²) in [4.78, 5) is 30.3. The molecule has 0 atom stereocenters. The summed E-state index contributed by atoms with van der Waals surface area (Å²) in [5.41, 5.74) is 4.16. The molecule has 1 N–H and O–H groups in total. The van der Waals surface area contributed by atoms with E-state index in [0.717, 1.165) is 41.6 Å². The highest BCUT2D eigenvalue weighted by molar-refractivity contribution is 6.04. The molecule has 0 aliphatic rings. The standard InChI is InChI=1S/C21H27N3O2/c1-4-17-7-6-8-18(5-2)21(17)23-19(25)15-20(26)24(3)14-11-16-9-12-22-13-10-16/h6-10,12-13H,4-5,11,14-15H2,1-3H3,(H,23,25). The van der Waals surface area contributed by atoms with E-state index in [9.17, 15) is 9.59 Å². The summed E-state index contributed by atoms with van der Waals surface area (Å²) in [6, 6.07) is 9.89. The Kier molecular flexibility index (Phi) is 7.33. The van der Waals surface area contributed by atoms with E-state index in [0.29, 0.717) is 6.54 Å². The Morgan fingerprint density at radius 1 is 1.04 bits per heavy atom. The molecule has 0 aliphatic carbocycles. The Morgan fingerprint density at radius 3 is 2.23 bits per heavy atom. The summed E-state index contributed by atoms with van der Waals surface area (Å²) < 4.78 is 0. The third-order valence-electron chi connectivity index (χ3n) is 4.49. The summed E-state index contributed by atoms with van der Waals surface area (Å²) >= 11 is 0. The van der Waals surface area contributed by atoms with Crippen molar-refractivity contribution in [2.24, 2.45) is 0 Å². The van der Waals surface area contributed by atoms with E-state index in [1.807, 2.05) is 30.3 Å². The number of aryl methyl sites for hydroxylation is 2. The van der Waals surface area contributed by atoms with Crippen molar-refractivity contribution in [3.8, 4) is 0 Å². The average molecular weight is 353 g/mol. The normalized spacial score (nSPS) is 10.4. The second-order valence-corrected chi connectivity index (χ2v) is 6.30. The molecule has 5 heteroatoms. The molecule has 2 amide bonds. The molecule has 2 aromatic rings. The van der Waals surface area contributed by atoms with Crippen LogP contribution in [-0.2, 0) is 28.9 Å². The van der Waals surface area contributed by atoms with Gasteiger partial charge in [-0.05, 0) is 48.1 Å². The van der Waals surface area contributed by atoms with Crippen LogP contribution in [0.5, 0.6) is 0 Å². The van der Waals surface area contributed by atoms with Gasteiger partial charge in [0.25, 0.3) is 0 Å². The number of rotatable bonds is 8. The van der Waals surface area contributed by atoms with Gasteiger partial charge in [0.05, 0.1) is 0 Å². The van der Waals surface area contributed by atoms with Crippen molar-refractivity contribution < 1.29 is 9.59 Å². The van der Waals surface area contributed by atoms with E-state index in [-0.39, 0.29) is 18.2 Å². The van der Waals surface area contributed by atoms with Gasteiger partial charge in [0, 0.05) is 31.7 Å². The average Bonchev–Trinajstić information content (AvgIpc) is 2.66. The second kappa shape index (κ2) is 9.70. The quantitative estimate of drug-likeness (QED) is 0.741. The van der Waals surface area contributed by atoms with Crippen molar-refractivity contribution in [2.75, 3.05) is 18.9 Å². The van der Waals surface area contributed by atoms with Crippen LogP contribution in [0.2, 0.25) is 0 Å². The van der Waals surface area contributed by atoms with Gasteiger partial charge >= 0.3 is 0 Å². The molecule has 5 nitrogen and oxygen atoms in total. The number of para-hydroxylation sites is 1. The first kappa shape index (κ1) is 19.6. The van der Waals surface area contributed by atoms with Crippen LogP contribution in [0.4, 0.5) is 5.69 Å². The fourth-order valence-electron chi connectivity index (χ4n) is 2.83. The molecule has 0 bridgehead atoms. The summed E-state index contributed by atoms with van der Waals surface area (Å²) in [6.45, 7) is 4.69. The number of aromatic nitrogens is 1. The number of nitrogens with one attached hydrogen (secondary N) is 1. The molecule has 0 saturated carbocycles. The van der Waals surface area contributed by atoms with Crippen LogP contribution in [0, 0.1) is 0 Å². The number of carbonyl (C=O) groups is 2. The number of likely N-dealkylation sites (N-methyl/N-ethyl adjacent to an activating group) is 1. The highest BCUT2D eigenvalue weighted by Crippen LogP contribution is 2.22. The molecule has 26 heavy (non-hydrogen) atoms. The maximum atomic E-state index is 12.4. The highest BCUT2D eigenvalue weighted by Gasteiger charge is 2.16. The molecule has 138 valence electrons. The first-order valence-corrected chi connectivity index (χ1v) is 9.08. The van der Waals surface area contributed by atoms with Gasteiger partial charge in [-0.25, -0.2) is 0 Å². The monoisotopic (exact) mass is 353 g/mol. The third-order valence-corrected chi connectivity index (χ3v) is 4.49. The minimum atomic E-state index is -0.263. The lowest BCUT2D eigenvalue weighted by Gasteiger charge is -2.18. The van der Waals surface area contributed by atoms with Gasteiger partial charge in [0.2, 0.25) is 11.8 Å². The van der Waals surface area contributed by atoms with Gasteiger partial charge < -0.3 is 10.2 Å². The Labute approximate surface area is 155 Å². The highest BCUT2D eigenvalue weighted by atomic mass is 16.2. The maximum Gasteiger partial charge on any atom is 0.233 e. The predicted octanol–water partition coefficient (Wildman–Crippen LogP) is 3.24. The number of amides is 2. The van der Waals surface area contributed by atoms with Gasteiger partial charge in [-0.3, -0.25) is 14.6 Å². The summed E-state index contributed by atoms with van der Waals surface area (Å²) in [5.74, 6) is -0.440. The van der Waals surface area contributed by atoms with Gasteiger partial charge in [-0.2, -0.15) is 0 Å². The van der Waals surface area contributed by atoms with Gasteiger partial charge in [-0.1, -0.05) is 32.0 Å². The molecule has 2 rings (SSSR count). The van der Waals surface area contributed by atoms with Crippen LogP contribution in [0.3, 0.4) is 0 Å². The Balaban J connectivity index is 1.92. The van der Waals surface area contributed by atoms with Crippen LogP contribution < -0.4 is 5.32 Å². The zero-order chi connectivity index (χ0) is 18.9. The molecule has 0 saturated heterocycles. The summed E-state index contributed by atoms with van der Waals surface area (Å²) in [7, 11) is 1.73. The zero-order valence-corrected chi connectivity index (χ0v) is 15.8. The van der Waals surface area contributed by atoms with Crippen molar-refractivity contribution in [2.45, 2.75) is 39.5 Å². The van der Waals surface area contributed by atoms with Crippen LogP contribution in [0.25, 0.3) is 0 Å². The van der Waals surface area contributed by atoms with Gasteiger partial charge in [-0.15, -0.1) is 0 Å². The number of nitrogens with zero attached hydrogens (tertiary/aromatic N) is 2. The molecule has 1 aromatic heterocycles. The topological polar surface area (TPSA) is 62.3 Å². The molecule has 1 aromatic carbocycles. The van der Waals surface area contributed by atoms with E-state index in [1.54, 1.807) is 24.3 Å². The minimum absolute atomic E-state index is 0.145. The predicted molar refractivity (Wildman–Crippen MR) is 104 cm³/mol. The maximum absolute atomic E-state index is 12.4. The van der Waals surface area contributed by atoms with Crippen LogP contribution in [0.15, 0.2) is 42.7 Å². The molecular weight excluding hydrogens is 326 g/mol. The fraction of sp³-hybridized carbons (Fsp3) is 0.381. The Morgan fingerprint density at radius 2 is 1.65 bits per heavy atom. The number of carbonyl (C=O) groups excluding carboxylic acids is 2. The van der Waals surface area contributed by atoms with Crippen LogP contribution in [0.1, 0.15) is 37.0 Å². The van der Waals surface area contributed by atoms with Crippen molar-refractivity contribution in [1.82, 2.24) is 9.88 Å². The minimum Gasteiger partial charge on any atom is -0.345 e. The molecule has 0 radical (unpaired) electrons. The van der Waals surface area contributed by atoms with Gasteiger partial charge in [0.15, 0.2) is 0 Å². The lowest BCUT2D eigenvalue weighted by molar-refractivity contribution is -0.133. The van der Waals surface area contributed by atoms with E-state index in [1.165, 1.54) is 0 Å². The van der Waals surface area contributed by atoms with E-state index >= 15 is 0 Å². The van der Waals surface area contributed by atoms with Crippen molar-refractivity contribution >= 4 is 17.5 Å². The van der Waals surface area contributed by atoms with Crippen molar-refractivity contribution in [1.29, 1.82) is 0 Å². The van der Waals surface area contributed by atoms with E-state index in [4.69, 9.17) is 0 Å². The van der Waals surface area contributed by atoms with Crippen LogP contribution in [-0.4, -0.2) is 35.3 Å². The number of hydrogen-bond donors (Lipinski definition) is 1. The molecule has 1 heterocycles. The molecule has 0 spiro atoms. The summed E-state index contributed by atoms with van der Waals surface area (Å²) in [6.07, 6.45) is 5.74. The molecule has 0 fully saturated rings. The first-order valence-electron chi connectivity index (χ1n) is 9.08. The molecule has 0 aliphatic heterocycles. The number of anilines is 1. The SMILES string of the molecule is CCc1cccc(CC)c1NC(=O)CC(=O)N(C)CCc1ccncc1. The number of hydrogen-bond acceptors (Lipinski definition) is 3. The Hall–Kier alpha value is -2.69. The van der Waals surface area contributed by atoms with Crippen molar-refractivity contribution in [3.05, 3.63) is 59.4 Å². The second-order valence-electron chi connectivity index (χ2n) is 6.30. The zero-order valence-electron chi connectivity index (χ0n) is 15.8. The lowest BCUT2D eigenvalue weighted by atomic mass is 10.0. The summed E-state index contributed by atoms with van der Waals surface area (Å²) in [5, 5.41) is 2.95.